The second-order valence-electron chi connectivity index (χ2n) is 6.45. The molecule has 3 nitrogen and oxygen atoms in total. The van der Waals surface area contributed by atoms with Crippen molar-refractivity contribution in [3.8, 4) is 0 Å². The van der Waals surface area contributed by atoms with Crippen molar-refractivity contribution in [2.75, 3.05) is 6.54 Å². The molecular weight excluding hydrogens is 214 g/mol. The summed E-state index contributed by atoms with van der Waals surface area (Å²) >= 11 is 0. The molecule has 1 fully saturated rings. The Labute approximate surface area is 105 Å². The standard InChI is InChI=1S/C14H27NO2/c1-10-6-7-12(8-10)9-15-11(2)13(16)17-14(3,4)5/h10-12,15H,6-9H2,1-5H3. The molecule has 1 rings (SSSR count). The summed E-state index contributed by atoms with van der Waals surface area (Å²) < 4.78 is 5.33. The smallest absolute Gasteiger partial charge is 0.323 e. The summed E-state index contributed by atoms with van der Waals surface area (Å²) in [4.78, 5) is 11.7. The SMILES string of the molecule is CC1CCC(CNC(C)C(=O)OC(C)(C)C)C1. The topological polar surface area (TPSA) is 38.3 Å². The highest BCUT2D eigenvalue weighted by molar-refractivity contribution is 5.75. The van der Waals surface area contributed by atoms with Crippen LogP contribution in [0.2, 0.25) is 0 Å². The summed E-state index contributed by atoms with van der Waals surface area (Å²) in [5.74, 6) is 1.43. The van der Waals surface area contributed by atoms with E-state index in [9.17, 15) is 4.79 Å². The zero-order chi connectivity index (χ0) is 13.1. The van der Waals surface area contributed by atoms with Crippen molar-refractivity contribution in [2.24, 2.45) is 11.8 Å². The predicted molar refractivity (Wildman–Crippen MR) is 69.8 cm³/mol. The van der Waals surface area contributed by atoms with Gasteiger partial charge in [-0.2, -0.15) is 0 Å². The van der Waals surface area contributed by atoms with Gasteiger partial charge in [-0.1, -0.05) is 13.3 Å². The van der Waals surface area contributed by atoms with Crippen LogP contribution < -0.4 is 5.32 Å². The molecule has 1 saturated carbocycles. The Bertz CT molecular complexity index is 257. The van der Waals surface area contributed by atoms with Crippen molar-refractivity contribution in [2.45, 2.75) is 65.5 Å². The van der Waals surface area contributed by atoms with Gasteiger partial charge in [0.2, 0.25) is 0 Å². The van der Waals surface area contributed by atoms with Crippen LogP contribution in [0.3, 0.4) is 0 Å². The van der Waals surface area contributed by atoms with Gasteiger partial charge in [0.15, 0.2) is 0 Å². The molecule has 0 bridgehead atoms. The molecule has 1 aliphatic rings. The van der Waals surface area contributed by atoms with E-state index in [1.54, 1.807) is 0 Å². The first-order chi connectivity index (χ1) is 7.78. The molecule has 3 unspecified atom stereocenters. The van der Waals surface area contributed by atoms with Crippen LogP contribution in [0.4, 0.5) is 0 Å². The molecule has 0 spiro atoms. The van der Waals surface area contributed by atoms with Gasteiger partial charge >= 0.3 is 5.97 Å². The molecule has 0 saturated heterocycles. The molecule has 1 aliphatic carbocycles. The zero-order valence-corrected chi connectivity index (χ0v) is 11.9. The molecule has 0 aliphatic heterocycles. The summed E-state index contributed by atoms with van der Waals surface area (Å²) in [5, 5.41) is 3.29. The lowest BCUT2D eigenvalue weighted by Gasteiger charge is -2.23. The maximum Gasteiger partial charge on any atom is 0.323 e. The van der Waals surface area contributed by atoms with Crippen LogP contribution in [0.1, 0.15) is 53.9 Å². The molecule has 0 aromatic rings. The van der Waals surface area contributed by atoms with Crippen molar-refractivity contribution in [3.63, 3.8) is 0 Å². The average Bonchev–Trinajstić information content (AvgIpc) is 2.58. The van der Waals surface area contributed by atoms with Crippen LogP contribution in [0.15, 0.2) is 0 Å². The minimum atomic E-state index is -0.394. The van der Waals surface area contributed by atoms with Gasteiger partial charge in [0.05, 0.1) is 0 Å². The fraction of sp³-hybridized carbons (Fsp3) is 0.929. The first-order valence-corrected chi connectivity index (χ1v) is 6.74. The predicted octanol–water partition coefficient (Wildman–Crippen LogP) is 2.74. The van der Waals surface area contributed by atoms with E-state index in [0.29, 0.717) is 0 Å². The van der Waals surface area contributed by atoms with E-state index >= 15 is 0 Å². The summed E-state index contributed by atoms with van der Waals surface area (Å²) in [6.45, 7) is 10.8. The van der Waals surface area contributed by atoms with E-state index in [2.05, 4.69) is 12.2 Å². The third-order valence-electron chi connectivity index (χ3n) is 3.28. The van der Waals surface area contributed by atoms with Gasteiger partial charge in [0.25, 0.3) is 0 Å². The van der Waals surface area contributed by atoms with Gasteiger partial charge < -0.3 is 10.1 Å². The van der Waals surface area contributed by atoms with Crippen molar-refractivity contribution >= 4 is 5.97 Å². The number of nitrogens with one attached hydrogen (secondary N) is 1. The lowest BCUT2D eigenvalue weighted by atomic mass is 10.1. The molecule has 17 heavy (non-hydrogen) atoms. The van der Waals surface area contributed by atoms with Crippen LogP contribution in [0.25, 0.3) is 0 Å². The van der Waals surface area contributed by atoms with Gasteiger partial charge in [-0.3, -0.25) is 4.79 Å². The van der Waals surface area contributed by atoms with Crippen LogP contribution in [-0.2, 0) is 9.53 Å². The second-order valence-corrected chi connectivity index (χ2v) is 6.45. The molecule has 3 atom stereocenters. The number of esters is 1. The van der Waals surface area contributed by atoms with Gasteiger partial charge in [-0.25, -0.2) is 0 Å². The highest BCUT2D eigenvalue weighted by Gasteiger charge is 2.24. The number of carbonyl (C=O) groups excluding carboxylic acids is 1. The monoisotopic (exact) mass is 241 g/mol. The number of carbonyl (C=O) groups is 1. The van der Waals surface area contributed by atoms with E-state index < -0.39 is 5.60 Å². The van der Waals surface area contributed by atoms with E-state index in [-0.39, 0.29) is 12.0 Å². The van der Waals surface area contributed by atoms with Crippen LogP contribution in [0, 0.1) is 11.8 Å². The molecular formula is C14H27NO2. The molecule has 0 amide bonds. The fourth-order valence-corrected chi connectivity index (χ4v) is 2.33. The molecule has 3 heteroatoms. The normalized spacial score (nSPS) is 26.9. The minimum absolute atomic E-state index is 0.149. The summed E-state index contributed by atoms with van der Waals surface area (Å²) in [7, 11) is 0. The van der Waals surface area contributed by atoms with E-state index in [0.717, 1.165) is 18.4 Å². The van der Waals surface area contributed by atoms with Crippen LogP contribution >= 0.6 is 0 Å². The van der Waals surface area contributed by atoms with E-state index in [4.69, 9.17) is 4.74 Å². The molecule has 100 valence electrons. The lowest BCUT2D eigenvalue weighted by molar-refractivity contribution is -0.157. The van der Waals surface area contributed by atoms with E-state index in [1.807, 2.05) is 27.7 Å². The Morgan fingerprint density at radius 1 is 1.41 bits per heavy atom. The highest BCUT2D eigenvalue weighted by Crippen LogP contribution is 2.29. The van der Waals surface area contributed by atoms with Crippen molar-refractivity contribution < 1.29 is 9.53 Å². The third-order valence-corrected chi connectivity index (χ3v) is 3.28. The van der Waals surface area contributed by atoms with Crippen LogP contribution in [0.5, 0.6) is 0 Å². The Hall–Kier alpha value is -0.570. The minimum Gasteiger partial charge on any atom is -0.459 e. The summed E-state index contributed by atoms with van der Waals surface area (Å²) in [6, 6.07) is -0.204. The average molecular weight is 241 g/mol. The Balaban J connectivity index is 2.24. The second kappa shape index (κ2) is 5.85. The maximum atomic E-state index is 11.7. The van der Waals surface area contributed by atoms with Crippen molar-refractivity contribution in [3.05, 3.63) is 0 Å². The van der Waals surface area contributed by atoms with Crippen LogP contribution in [-0.4, -0.2) is 24.2 Å². The van der Waals surface area contributed by atoms with Gasteiger partial charge in [0.1, 0.15) is 11.6 Å². The summed E-state index contributed by atoms with van der Waals surface area (Å²) in [6.07, 6.45) is 3.90. The first kappa shape index (κ1) is 14.5. The van der Waals surface area contributed by atoms with E-state index in [1.165, 1.54) is 19.3 Å². The molecule has 0 radical (unpaired) electrons. The fourth-order valence-electron chi connectivity index (χ4n) is 2.33. The number of ether oxygens (including phenoxy) is 1. The van der Waals surface area contributed by atoms with Gasteiger partial charge in [-0.05, 0) is 58.9 Å². The van der Waals surface area contributed by atoms with Crippen molar-refractivity contribution in [1.82, 2.24) is 5.32 Å². The molecule has 1 N–H and O–H groups in total. The summed E-state index contributed by atoms with van der Waals surface area (Å²) in [5.41, 5.74) is -0.394. The van der Waals surface area contributed by atoms with Gasteiger partial charge in [0, 0.05) is 0 Å². The zero-order valence-electron chi connectivity index (χ0n) is 11.9. The highest BCUT2D eigenvalue weighted by atomic mass is 16.6. The molecule has 0 aromatic carbocycles. The van der Waals surface area contributed by atoms with Gasteiger partial charge in [-0.15, -0.1) is 0 Å². The maximum absolute atomic E-state index is 11.7. The quantitative estimate of drug-likeness (QED) is 0.769. The molecule has 0 heterocycles. The number of rotatable bonds is 4. The Kier molecular flexibility index (Phi) is 4.99. The largest absolute Gasteiger partial charge is 0.459 e. The third kappa shape index (κ3) is 5.53. The molecule has 0 aromatic heterocycles. The number of hydrogen-bond donors (Lipinski definition) is 1. The number of hydrogen-bond acceptors (Lipinski definition) is 3. The lowest BCUT2D eigenvalue weighted by Crippen LogP contribution is -2.40. The Morgan fingerprint density at radius 2 is 2.06 bits per heavy atom. The Morgan fingerprint density at radius 3 is 2.53 bits per heavy atom. The van der Waals surface area contributed by atoms with Crippen molar-refractivity contribution in [1.29, 1.82) is 0 Å². The first-order valence-electron chi connectivity index (χ1n) is 6.74.